The smallest absolute Gasteiger partial charge is 0.387 e. The van der Waals surface area contributed by atoms with Gasteiger partial charge in [0.25, 0.3) is 6.43 Å². The Bertz CT molecular complexity index is 887. The number of carbonyl (C=O) groups is 1. The molecule has 1 N–H and O–H groups in total. The Balaban J connectivity index is 1.76. The van der Waals surface area contributed by atoms with Crippen LogP contribution in [0.2, 0.25) is 0 Å². The number of nitrogens with one attached hydrogen (secondary N) is 1. The highest BCUT2D eigenvalue weighted by Crippen LogP contribution is 2.45. The highest BCUT2D eigenvalue weighted by Gasteiger charge is 2.34. The molecule has 29 heavy (non-hydrogen) atoms. The number of alkyl halides is 4. The van der Waals surface area contributed by atoms with Crippen molar-refractivity contribution in [2.45, 2.75) is 45.3 Å². The van der Waals surface area contributed by atoms with Crippen LogP contribution in [0, 0.1) is 0 Å². The molecule has 1 heterocycles. The van der Waals surface area contributed by atoms with Crippen molar-refractivity contribution < 1.29 is 31.8 Å². The normalized spacial score (nSPS) is 13.8. The van der Waals surface area contributed by atoms with Gasteiger partial charge in [-0.15, -0.1) is 0 Å². The van der Waals surface area contributed by atoms with Crippen LogP contribution in [-0.2, 0) is 11.3 Å². The number of nitrogens with zero attached hydrogens (tertiary/aromatic N) is 2. The Morgan fingerprint density at radius 3 is 2.62 bits per heavy atom. The summed E-state index contributed by atoms with van der Waals surface area (Å²) in [4.78, 5) is 12.4. The molecule has 0 radical (unpaired) electrons. The molecule has 6 nitrogen and oxygen atoms in total. The lowest BCUT2D eigenvalue weighted by molar-refractivity contribution is -0.117. The number of rotatable bonds is 9. The first-order valence-electron chi connectivity index (χ1n) is 8.85. The van der Waals surface area contributed by atoms with Crippen LogP contribution >= 0.6 is 15.9 Å². The highest BCUT2D eigenvalue weighted by atomic mass is 79.9. The molecule has 1 fully saturated rings. The van der Waals surface area contributed by atoms with Crippen LogP contribution in [0.5, 0.6) is 11.5 Å². The quantitative estimate of drug-likeness (QED) is 0.508. The van der Waals surface area contributed by atoms with Crippen LogP contribution in [0.3, 0.4) is 0 Å². The Morgan fingerprint density at radius 2 is 2.03 bits per heavy atom. The van der Waals surface area contributed by atoms with Crippen molar-refractivity contribution in [2.24, 2.45) is 0 Å². The van der Waals surface area contributed by atoms with E-state index >= 15 is 0 Å². The first-order chi connectivity index (χ1) is 13.8. The topological polar surface area (TPSA) is 65.4 Å². The SMILES string of the molecule is CCOc1cc(NC(=O)Cn2nc(C(F)F)c(Br)c2C2CC2)ccc1OC(F)F. The third-order valence-corrected chi connectivity index (χ3v) is 4.98. The molecule has 1 aliphatic carbocycles. The Morgan fingerprint density at radius 1 is 1.31 bits per heavy atom. The molecule has 1 aromatic carbocycles. The average molecular weight is 480 g/mol. The molecule has 1 saturated carbocycles. The van der Waals surface area contributed by atoms with E-state index in [0.717, 1.165) is 12.8 Å². The van der Waals surface area contributed by atoms with Crippen LogP contribution < -0.4 is 14.8 Å². The van der Waals surface area contributed by atoms with E-state index in [0.29, 0.717) is 5.69 Å². The molecule has 1 aromatic heterocycles. The molecule has 1 aliphatic rings. The summed E-state index contributed by atoms with van der Waals surface area (Å²) in [5, 5.41) is 6.47. The van der Waals surface area contributed by atoms with E-state index in [1.807, 2.05) is 0 Å². The molecule has 158 valence electrons. The number of benzene rings is 1. The van der Waals surface area contributed by atoms with Gasteiger partial charge in [-0.05, 0) is 47.8 Å². The van der Waals surface area contributed by atoms with E-state index in [9.17, 15) is 22.4 Å². The maximum absolute atomic E-state index is 13.1. The maximum atomic E-state index is 13.1. The van der Waals surface area contributed by atoms with Crippen LogP contribution in [-0.4, -0.2) is 28.9 Å². The zero-order valence-corrected chi connectivity index (χ0v) is 16.9. The largest absolute Gasteiger partial charge is 0.490 e. The lowest BCUT2D eigenvalue weighted by atomic mass is 10.2. The van der Waals surface area contributed by atoms with Gasteiger partial charge in [-0.2, -0.15) is 13.9 Å². The second-order valence-electron chi connectivity index (χ2n) is 6.34. The fourth-order valence-electron chi connectivity index (χ4n) is 2.86. The number of hydrogen-bond acceptors (Lipinski definition) is 4. The van der Waals surface area contributed by atoms with E-state index in [4.69, 9.17) is 4.74 Å². The minimum absolute atomic E-state index is 0.0473. The molecule has 0 spiro atoms. The third-order valence-electron chi connectivity index (χ3n) is 4.16. The second-order valence-corrected chi connectivity index (χ2v) is 7.13. The summed E-state index contributed by atoms with van der Waals surface area (Å²) in [7, 11) is 0. The number of ether oxygens (including phenoxy) is 2. The van der Waals surface area contributed by atoms with Gasteiger partial charge in [0.2, 0.25) is 5.91 Å². The number of amides is 1. The van der Waals surface area contributed by atoms with Crippen LogP contribution in [0.1, 0.15) is 43.5 Å². The minimum atomic E-state index is -3.02. The number of anilines is 1. The molecule has 0 saturated heterocycles. The van der Waals surface area contributed by atoms with Gasteiger partial charge in [0.1, 0.15) is 12.2 Å². The molecule has 0 atom stereocenters. The number of halogens is 5. The van der Waals surface area contributed by atoms with Gasteiger partial charge in [0.15, 0.2) is 11.5 Å². The fourth-order valence-corrected chi connectivity index (χ4v) is 3.64. The monoisotopic (exact) mass is 479 g/mol. The summed E-state index contributed by atoms with van der Waals surface area (Å²) in [5.74, 6) is -0.528. The molecule has 0 aliphatic heterocycles. The zero-order chi connectivity index (χ0) is 21.1. The van der Waals surface area contributed by atoms with Crippen molar-refractivity contribution in [2.75, 3.05) is 11.9 Å². The van der Waals surface area contributed by atoms with Gasteiger partial charge in [-0.3, -0.25) is 9.48 Å². The lowest BCUT2D eigenvalue weighted by Gasteiger charge is -2.13. The Hall–Kier alpha value is -2.30. The van der Waals surface area contributed by atoms with Crippen LogP contribution in [0.15, 0.2) is 22.7 Å². The van der Waals surface area contributed by atoms with E-state index in [1.165, 1.54) is 22.9 Å². The van der Waals surface area contributed by atoms with Crippen LogP contribution in [0.4, 0.5) is 23.2 Å². The van der Waals surface area contributed by atoms with E-state index < -0.39 is 24.6 Å². The molecular formula is C18H18BrF4N3O3. The van der Waals surface area contributed by atoms with E-state index in [1.54, 1.807) is 6.92 Å². The first kappa shape index (κ1) is 21.4. The summed E-state index contributed by atoms with van der Waals surface area (Å²) in [6.45, 7) is -1.40. The summed E-state index contributed by atoms with van der Waals surface area (Å²) >= 11 is 3.17. The van der Waals surface area contributed by atoms with Gasteiger partial charge in [0.05, 0.1) is 16.8 Å². The Labute approximate surface area is 172 Å². The van der Waals surface area contributed by atoms with Crippen molar-refractivity contribution in [3.63, 3.8) is 0 Å². The number of aromatic nitrogens is 2. The predicted octanol–water partition coefficient (Wildman–Crippen LogP) is 5.10. The van der Waals surface area contributed by atoms with Gasteiger partial charge >= 0.3 is 6.61 Å². The minimum Gasteiger partial charge on any atom is -0.490 e. The van der Waals surface area contributed by atoms with Crippen molar-refractivity contribution in [1.29, 1.82) is 0 Å². The van der Waals surface area contributed by atoms with Crippen molar-refractivity contribution in [3.8, 4) is 11.5 Å². The molecular weight excluding hydrogens is 462 g/mol. The Kier molecular flexibility index (Phi) is 6.66. The average Bonchev–Trinajstić information content (AvgIpc) is 3.41. The third kappa shape index (κ3) is 5.20. The van der Waals surface area contributed by atoms with Gasteiger partial charge < -0.3 is 14.8 Å². The van der Waals surface area contributed by atoms with Gasteiger partial charge in [0, 0.05) is 17.7 Å². The summed E-state index contributed by atoms with van der Waals surface area (Å²) in [6.07, 6.45) is -1.07. The fraction of sp³-hybridized carbons (Fsp3) is 0.444. The molecule has 3 rings (SSSR count). The van der Waals surface area contributed by atoms with E-state index in [-0.39, 0.29) is 40.7 Å². The first-order valence-corrected chi connectivity index (χ1v) is 9.65. The van der Waals surface area contributed by atoms with Crippen molar-refractivity contribution in [1.82, 2.24) is 9.78 Å². The second kappa shape index (κ2) is 9.02. The standard InChI is InChI=1S/C18H18BrF4N3O3/c1-2-28-12-7-10(5-6-11(12)29-18(22)23)24-13(27)8-26-16(9-3-4-9)14(19)15(25-26)17(20)21/h5-7,9,17-18H,2-4,8H2,1H3,(H,24,27). The van der Waals surface area contributed by atoms with Crippen molar-refractivity contribution >= 4 is 27.5 Å². The maximum Gasteiger partial charge on any atom is 0.387 e. The zero-order valence-electron chi connectivity index (χ0n) is 15.3. The molecule has 1 amide bonds. The van der Waals surface area contributed by atoms with E-state index in [2.05, 4.69) is 31.1 Å². The number of carbonyl (C=O) groups excluding carboxylic acids is 1. The molecule has 0 unspecified atom stereocenters. The van der Waals surface area contributed by atoms with Gasteiger partial charge in [-0.1, -0.05) is 0 Å². The van der Waals surface area contributed by atoms with Crippen molar-refractivity contribution in [3.05, 3.63) is 34.1 Å². The molecule has 11 heteroatoms. The molecule has 0 bridgehead atoms. The summed E-state index contributed by atoms with van der Waals surface area (Å²) < 4.78 is 62.4. The number of hydrogen-bond donors (Lipinski definition) is 1. The highest BCUT2D eigenvalue weighted by molar-refractivity contribution is 9.10. The summed E-state index contributed by atoms with van der Waals surface area (Å²) in [5.41, 5.74) is 0.464. The molecule has 2 aromatic rings. The van der Waals surface area contributed by atoms with Crippen LogP contribution in [0.25, 0.3) is 0 Å². The predicted molar refractivity (Wildman–Crippen MR) is 99.7 cm³/mol. The van der Waals surface area contributed by atoms with Gasteiger partial charge in [-0.25, -0.2) is 8.78 Å². The summed E-state index contributed by atoms with van der Waals surface area (Å²) in [6, 6.07) is 3.98. The lowest BCUT2D eigenvalue weighted by Crippen LogP contribution is -2.21.